The highest BCUT2D eigenvalue weighted by Gasteiger charge is 1.99. The van der Waals surface area contributed by atoms with Crippen LogP contribution in [-0.4, -0.2) is 43.4 Å². The molecule has 138 valence electrons. The van der Waals surface area contributed by atoms with Gasteiger partial charge in [-0.15, -0.1) is 35.3 Å². The van der Waals surface area contributed by atoms with Crippen molar-refractivity contribution in [1.82, 2.24) is 15.6 Å². The van der Waals surface area contributed by atoms with Crippen LogP contribution < -0.4 is 15.4 Å². The van der Waals surface area contributed by atoms with E-state index in [9.17, 15) is 0 Å². The molecular formula is C17H25IN4OS2. The molecule has 0 bridgehead atoms. The van der Waals surface area contributed by atoms with E-state index in [1.165, 1.54) is 0 Å². The standard InChI is InChI=1S/C17H24N4OS2.HI/c1-18-16(20-10-6-13-23-17-21-11-14-24-17)19-9-5-12-22-15-7-3-2-4-8-15;/h2-4,7-8,11,14H,5-6,9-10,12-13H2,1H3,(H2,18,19,20);1H. The van der Waals surface area contributed by atoms with Crippen LogP contribution >= 0.6 is 47.1 Å². The number of aromatic nitrogens is 1. The Bertz CT molecular complexity index is 582. The van der Waals surface area contributed by atoms with Crippen molar-refractivity contribution in [2.24, 2.45) is 4.99 Å². The van der Waals surface area contributed by atoms with Crippen LogP contribution in [0.3, 0.4) is 0 Å². The molecule has 0 amide bonds. The molecule has 0 spiro atoms. The molecule has 2 rings (SSSR count). The van der Waals surface area contributed by atoms with Crippen molar-refractivity contribution < 1.29 is 4.74 Å². The van der Waals surface area contributed by atoms with Gasteiger partial charge in [-0.2, -0.15) is 0 Å². The smallest absolute Gasteiger partial charge is 0.190 e. The molecule has 8 heteroatoms. The highest BCUT2D eigenvalue weighted by Crippen LogP contribution is 2.20. The molecule has 0 aliphatic rings. The van der Waals surface area contributed by atoms with Crippen LogP contribution in [0.25, 0.3) is 0 Å². The van der Waals surface area contributed by atoms with Crippen LogP contribution in [0.1, 0.15) is 12.8 Å². The van der Waals surface area contributed by atoms with Crippen molar-refractivity contribution in [3.63, 3.8) is 0 Å². The fraction of sp³-hybridized carbons (Fsp3) is 0.412. The molecule has 0 unspecified atom stereocenters. The second-order valence-electron chi connectivity index (χ2n) is 4.94. The summed E-state index contributed by atoms with van der Waals surface area (Å²) in [6, 6.07) is 9.88. The van der Waals surface area contributed by atoms with E-state index in [1.54, 1.807) is 30.1 Å². The van der Waals surface area contributed by atoms with Gasteiger partial charge in [0.25, 0.3) is 0 Å². The van der Waals surface area contributed by atoms with Crippen LogP contribution in [0.5, 0.6) is 5.75 Å². The van der Waals surface area contributed by atoms with Gasteiger partial charge in [0.2, 0.25) is 0 Å². The molecule has 1 aromatic carbocycles. The molecule has 0 radical (unpaired) electrons. The molecule has 5 nitrogen and oxygen atoms in total. The summed E-state index contributed by atoms with van der Waals surface area (Å²) in [5, 5.41) is 8.64. The van der Waals surface area contributed by atoms with Crippen molar-refractivity contribution >= 4 is 53.0 Å². The van der Waals surface area contributed by atoms with Gasteiger partial charge in [0.15, 0.2) is 5.96 Å². The number of ether oxygens (including phenoxy) is 1. The molecule has 25 heavy (non-hydrogen) atoms. The average Bonchev–Trinajstić information content (AvgIpc) is 3.14. The lowest BCUT2D eigenvalue weighted by atomic mass is 10.3. The van der Waals surface area contributed by atoms with Gasteiger partial charge in [0.05, 0.1) is 6.61 Å². The highest BCUT2D eigenvalue weighted by molar-refractivity contribution is 14.0. The topological polar surface area (TPSA) is 58.5 Å². The van der Waals surface area contributed by atoms with E-state index in [0.29, 0.717) is 6.61 Å². The Labute approximate surface area is 175 Å². The number of hydrogen-bond donors (Lipinski definition) is 2. The van der Waals surface area contributed by atoms with Gasteiger partial charge < -0.3 is 15.4 Å². The maximum atomic E-state index is 5.66. The van der Waals surface area contributed by atoms with E-state index in [2.05, 4.69) is 20.6 Å². The fourth-order valence-corrected chi connectivity index (χ4v) is 3.57. The summed E-state index contributed by atoms with van der Waals surface area (Å²) in [6.07, 6.45) is 3.84. The number of aliphatic imine (C=N–C) groups is 1. The number of benzene rings is 1. The van der Waals surface area contributed by atoms with Crippen molar-refractivity contribution in [3.05, 3.63) is 41.9 Å². The summed E-state index contributed by atoms with van der Waals surface area (Å²) in [6.45, 7) is 2.43. The van der Waals surface area contributed by atoms with E-state index in [-0.39, 0.29) is 24.0 Å². The SMILES string of the molecule is CN=C(NCCCOc1ccccc1)NCCCSc1nccs1.I. The average molecular weight is 492 g/mol. The second kappa shape index (κ2) is 14.2. The van der Waals surface area contributed by atoms with Crippen LogP contribution in [0.15, 0.2) is 51.2 Å². The van der Waals surface area contributed by atoms with Gasteiger partial charge in [-0.05, 0) is 25.0 Å². The van der Waals surface area contributed by atoms with Crippen LogP contribution in [0.4, 0.5) is 0 Å². The number of para-hydroxylation sites is 1. The highest BCUT2D eigenvalue weighted by atomic mass is 127. The summed E-state index contributed by atoms with van der Waals surface area (Å²) in [5.41, 5.74) is 0. The molecular weight excluding hydrogens is 467 g/mol. The number of halogens is 1. The van der Waals surface area contributed by atoms with E-state index in [4.69, 9.17) is 4.74 Å². The van der Waals surface area contributed by atoms with E-state index < -0.39 is 0 Å². The Morgan fingerprint density at radius 3 is 2.64 bits per heavy atom. The number of nitrogens with zero attached hydrogens (tertiary/aromatic N) is 2. The van der Waals surface area contributed by atoms with Crippen molar-refractivity contribution in [1.29, 1.82) is 0 Å². The van der Waals surface area contributed by atoms with E-state index in [0.717, 1.165) is 47.7 Å². The van der Waals surface area contributed by atoms with Crippen LogP contribution in [0, 0.1) is 0 Å². The zero-order valence-corrected chi connectivity index (χ0v) is 18.3. The summed E-state index contributed by atoms with van der Waals surface area (Å²) in [7, 11) is 1.79. The Kier molecular flexibility index (Phi) is 12.5. The molecule has 1 heterocycles. The molecule has 0 atom stereocenters. The molecule has 2 N–H and O–H groups in total. The minimum Gasteiger partial charge on any atom is -0.494 e. The Morgan fingerprint density at radius 2 is 1.96 bits per heavy atom. The molecule has 0 fully saturated rings. The monoisotopic (exact) mass is 492 g/mol. The maximum Gasteiger partial charge on any atom is 0.190 e. The predicted molar refractivity (Wildman–Crippen MR) is 119 cm³/mol. The second-order valence-corrected chi connectivity index (χ2v) is 7.18. The van der Waals surface area contributed by atoms with E-state index in [1.807, 2.05) is 41.9 Å². The first-order chi connectivity index (χ1) is 11.9. The lowest BCUT2D eigenvalue weighted by Crippen LogP contribution is -2.38. The van der Waals surface area contributed by atoms with Gasteiger partial charge in [0.1, 0.15) is 10.1 Å². The molecule has 0 saturated heterocycles. The summed E-state index contributed by atoms with van der Waals surface area (Å²) < 4.78 is 6.80. The zero-order valence-electron chi connectivity index (χ0n) is 14.3. The third-order valence-electron chi connectivity index (χ3n) is 3.10. The number of nitrogens with one attached hydrogen (secondary N) is 2. The van der Waals surface area contributed by atoms with Gasteiger partial charge in [-0.25, -0.2) is 4.98 Å². The quantitative estimate of drug-likeness (QED) is 0.173. The van der Waals surface area contributed by atoms with Crippen molar-refractivity contribution in [2.75, 3.05) is 32.5 Å². The zero-order chi connectivity index (χ0) is 16.9. The van der Waals surface area contributed by atoms with Gasteiger partial charge in [-0.1, -0.05) is 30.0 Å². The van der Waals surface area contributed by atoms with E-state index >= 15 is 0 Å². The number of guanidine groups is 1. The first-order valence-corrected chi connectivity index (χ1v) is 9.89. The number of thiazole rings is 1. The maximum absolute atomic E-state index is 5.66. The van der Waals surface area contributed by atoms with Crippen molar-refractivity contribution in [3.8, 4) is 5.75 Å². The molecule has 0 saturated carbocycles. The summed E-state index contributed by atoms with van der Waals surface area (Å²) in [4.78, 5) is 8.49. The third kappa shape index (κ3) is 9.91. The number of hydrogen-bond acceptors (Lipinski definition) is 5. The van der Waals surface area contributed by atoms with Gasteiger partial charge >= 0.3 is 0 Å². The normalized spacial score (nSPS) is 10.8. The van der Waals surface area contributed by atoms with Crippen molar-refractivity contribution in [2.45, 2.75) is 17.2 Å². The molecule has 0 aliphatic carbocycles. The number of rotatable bonds is 10. The Hall–Kier alpha value is -1.000. The minimum atomic E-state index is 0. The number of thioether (sulfide) groups is 1. The summed E-state index contributed by atoms with van der Waals surface area (Å²) in [5.74, 6) is 2.81. The van der Waals surface area contributed by atoms with Gasteiger partial charge in [-0.3, -0.25) is 4.99 Å². The lowest BCUT2D eigenvalue weighted by molar-refractivity contribution is 0.311. The summed E-state index contributed by atoms with van der Waals surface area (Å²) >= 11 is 3.49. The van der Waals surface area contributed by atoms with Gasteiger partial charge in [0, 0.05) is 37.5 Å². The minimum absolute atomic E-state index is 0. The first-order valence-electron chi connectivity index (χ1n) is 8.03. The molecule has 2 aromatic rings. The Morgan fingerprint density at radius 1 is 1.20 bits per heavy atom. The molecule has 0 aliphatic heterocycles. The lowest BCUT2D eigenvalue weighted by Gasteiger charge is -2.12. The fourth-order valence-electron chi connectivity index (χ4n) is 1.93. The van der Waals surface area contributed by atoms with Crippen LogP contribution in [0.2, 0.25) is 0 Å². The van der Waals surface area contributed by atoms with Crippen LogP contribution in [-0.2, 0) is 0 Å². The predicted octanol–water partition coefficient (Wildman–Crippen LogP) is 3.88. The first kappa shape index (κ1) is 22.0. The third-order valence-corrected chi connectivity index (χ3v) is 5.15. The largest absolute Gasteiger partial charge is 0.494 e. The Balaban J connectivity index is 0.00000312. The molecule has 1 aromatic heterocycles.